The van der Waals surface area contributed by atoms with Crippen molar-refractivity contribution in [3.05, 3.63) is 48.1 Å². The fraction of sp³-hybridized carbons (Fsp3) is 0.417. The van der Waals surface area contributed by atoms with Crippen molar-refractivity contribution in [1.82, 2.24) is 19.8 Å². The largest absolute Gasteiger partial charge is 0.310 e. The number of carbonyl (C=O) groups excluding carboxylic acids is 1. The van der Waals surface area contributed by atoms with Gasteiger partial charge in [0.1, 0.15) is 5.82 Å². The molecule has 162 valence electrons. The van der Waals surface area contributed by atoms with E-state index in [1.807, 2.05) is 24.5 Å². The molecule has 3 heterocycles. The first-order valence-corrected chi connectivity index (χ1v) is 10.8. The zero-order valence-corrected chi connectivity index (χ0v) is 18.3. The van der Waals surface area contributed by atoms with E-state index in [0.29, 0.717) is 5.82 Å². The minimum atomic E-state index is 0.0628. The van der Waals surface area contributed by atoms with Crippen LogP contribution in [0.3, 0.4) is 0 Å². The van der Waals surface area contributed by atoms with E-state index in [1.54, 1.807) is 6.20 Å². The zero-order chi connectivity index (χ0) is 21.8. The van der Waals surface area contributed by atoms with E-state index in [4.69, 9.17) is 0 Å². The molecule has 4 rings (SSSR count). The minimum absolute atomic E-state index is 0.0628. The number of fused-ring (bicyclic) bond motifs is 1. The van der Waals surface area contributed by atoms with Crippen molar-refractivity contribution < 1.29 is 4.79 Å². The molecule has 1 saturated carbocycles. The quantitative estimate of drug-likeness (QED) is 0.552. The van der Waals surface area contributed by atoms with Crippen LogP contribution in [0, 0.1) is 5.92 Å². The number of aromatic nitrogens is 2. The normalized spacial score (nSPS) is 18.9. The molecule has 0 aromatic carbocycles. The lowest BCUT2D eigenvalue weighted by atomic mass is 10.1. The molecule has 0 atom stereocenters. The summed E-state index contributed by atoms with van der Waals surface area (Å²) in [6.45, 7) is 10.8. The molecule has 2 fully saturated rings. The van der Waals surface area contributed by atoms with Gasteiger partial charge in [0.25, 0.3) is 0 Å². The number of nitrogens with one attached hydrogen (secondary N) is 1. The first kappa shape index (κ1) is 21.3. The highest BCUT2D eigenvalue weighted by Crippen LogP contribution is 2.30. The van der Waals surface area contributed by atoms with E-state index < -0.39 is 0 Å². The molecule has 31 heavy (non-hydrogen) atoms. The van der Waals surface area contributed by atoms with Gasteiger partial charge in [-0.05, 0) is 62.2 Å². The monoisotopic (exact) mass is 418 g/mol. The first-order valence-electron chi connectivity index (χ1n) is 10.8. The highest BCUT2D eigenvalue weighted by atomic mass is 16.2. The summed E-state index contributed by atoms with van der Waals surface area (Å²) < 4.78 is 0. The zero-order valence-electron chi connectivity index (χ0n) is 18.3. The number of likely N-dealkylation sites (N-methyl/N-ethyl adjacent to an activating group) is 1. The summed E-state index contributed by atoms with van der Waals surface area (Å²) in [7, 11) is 2.16. The van der Waals surface area contributed by atoms with Gasteiger partial charge in [-0.3, -0.25) is 19.7 Å². The summed E-state index contributed by atoms with van der Waals surface area (Å²) in [6, 6.07) is 3.96. The van der Waals surface area contributed by atoms with Gasteiger partial charge >= 0.3 is 0 Å². The van der Waals surface area contributed by atoms with Gasteiger partial charge in [-0.25, -0.2) is 4.98 Å². The summed E-state index contributed by atoms with van der Waals surface area (Å²) in [5, 5.41) is 4.87. The molecule has 1 saturated heterocycles. The molecule has 1 aliphatic carbocycles. The lowest BCUT2D eigenvalue weighted by Crippen LogP contribution is -2.44. The summed E-state index contributed by atoms with van der Waals surface area (Å²) >= 11 is 0. The van der Waals surface area contributed by atoms with Crippen LogP contribution in [0.1, 0.15) is 25.5 Å². The van der Waals surface area contributed by atoms with Crippen LogP contribution in [0.5, 0.6) is 0 Å². The van der Waals surface area contributed by atoms with Crippen molar-refractivity contribution >= 4 is 34.8 Å². The van der Waals surface area contributed by atoms with Gasteiger partial charge in [-0.15, -0.1) is 0 Å². The standard InChI is InChI=1S/C24H30N6O/c1-17(10-18(13-25-2)16-30-8-6-29(3)7-9-30)22-11-20-12-23(27-15-21(20)14-26-22)28-24(31)19-4-5-19/h10-15,19H,2,4-9,16H2,1,3H3,(H,27,28,31)/b17-10+,18-13+. The van der Waals surface area contributed by atoms with Gasteiger partial charge in [0.15, 0.2) is 0 Å². The average Bonchev–Trinajstić information content (AvgIpc) is 3.60. The molecule has 0 radical (unpaired) electrons. The van der Waals surface area contributed by atoms with Crippen molar-refractivity contribution in [2.45, 2.75) is 19.8 Å². The van der Waals surface area contributed by atoms with E-state index in [0.717, 1.165) is 73.2 Å². The second-order valence-electron chi connectivity index (χ2n) is 8.54. The highest BCUT2D eigenvalue weighted by molar-refractivity contribution is 5.95. The molecule has 7 nitrogen and oxygen atoms in total. The van der Waals surface area contributed by atoms with Gasteiger partial charge in [0.2, 0.25) is 5.91 Å². The number of hydrogen-bond acceptors (Lipinski definition) is 6. The van der Waals surface area contributed by atoms with Crippen LogP contribution in [0.2, 0.25) is 0 Å². The number of amides is 1. The van der Waals surface area contributed by atoms with Crippen LogP contribution < -0.4 is 5.32 Å². The third kappa shape index (κ3) is 5.62. The molecular formula is C24H30N6O. The summed E-state index contributed by atoms with van der Waals surface area (Å²) in [5.41, 5.74) is 3.07. The van der Waals surface area contributed by atoms with Crippen molar-refractivity contribution in [2.75, 3.05) is 45.1 Å². The van der Waals surface area contributed by atoms with Crippen LogP contribution in [0.15, 0.2) is 47.4 Å². The number of piperazine rings is 1. The maximum atomic E-state index is 12.1. The van der Waals surface area contributed by atoms with E-state index in [9.17, 15) is 4.79 Å². The Morgan fingerprint density at radius 2 is 1.94 bits per heavy atom. The van der Waals surface area contributed by atoms with Gasteiger partial charge in [0, 0.05) is 62.6 Å². The Morgan fingerprint density at radius 3 is 2.65 bits per heavy atom. The van der Waals surface area contributed by atoms with E-state index >= 15 is 0 Å². The molecule has 7 heteroatoms. The third-order valence-electron chi connectivity index (χ3n) is 5.87. The van der Waals surface area contributed by atoms with Crippen molar-refractivity contribution in [1.29, 1.82) is 0 Å². The van der Waals surface area contributed by atoms with Crippen LogP contribution in [-0.4, -0.2) is 72.2 Å². The van der Waals surface area contributed by atoms with E-state index in [2.05, 4.69) is 56.8 Å². The maximum Gasteiger partial charge on any atom is 0.228 e. The number of rotatable bonds is 7. The Kier molecular flexibility index (Phi) is 6.53. The topological polar surface area (TPSA) is 73.7 Å². The summed E-state index contributed by atoms with van der Waals surface area (Å²) in [6.07, 6.45) is 9.50. The molecule has 2 aromatic heterocycles. The van der Waals surface area contributed by atoms with Crippen molar-refractivity contribution in [3.63, 3.8) is 0 Å². The Hall–Kier alpha value is -2.90. The molecule has 0 unspecified atom stereocenters. The molecular weight excluding hydrogens is 388 g/mol. The molecule has 1 N–H and O–H groups in total. The first-order chi connectivity index (χ1) is 15.0. The number of carbonyl (C=O) groups is 1. The Morgan fingerprint density at radius 1 is 1.19 bits per heavy atom. The summed E-state index contributed by atoms with van der Waals surface area (Å²) in [5.74, 6) is 0.808. The molecule has 1 amide bonds. The van der Waals surface area contributed by atoms with Crippen molar-refractivity contribution in [2.24, 2.45) is 10.9 Å². The van der Waals surface area contributed by atoms with Gasteiger partial charge in [-0.1, -0.05) is 6.08 Å². The fourth-order valence-corrected chi connectivity index (χ4v) is 3.75. The van der Waals surface area contributed by atoms with Gasteiger partial charge in [0.05, 0.1) is 5.69 Å². The number of allylic oxidation sites excluding steroid dienone is 1. The second kappa shape index (κ2) is 9.49. The molecule has 2 aromatic rings. The van der Waals surface area contributed by atoms with Crippen LogP contribution >= 0.6 is 0 Å². The van der Waals surface area contributed by atoms with Crippen LogP contribution in [0.25, 0.3) is 16.3 Å². The predicted molar refractivity (Wildman–Crippen MR) is 126 cm³/mol. The van der Waals surface area contributed by atoms with E-state index in [-0.39, 0.29) is 11.8 Å². The number of pyridine rings is 2. The lowest BCUT2D eigenvalue weighted by molar-refractivity contribution is -0.117. The van der Waals surface area contributed by atoms with E-state index in [1.165, 1.54) is 0 Å². The minimum Gasteiger partial charge on any atom is -0.310 e. The highest BCUT2D eigenvalue weighted by Gasteiger charge is 2.29. The third-order valence-corrected chi connectivity index (χ3v) is 5.87. The molecule has 2 aliphatic rings. The number of anilines is 1. The van der Waals surface area contributed by atoms with Crippen molar-refractivity contribution in [3.8, 4) is 0 Å². The Bertz CT molecular complexity index is 1030. The smallest absolute Gasteiger partial charge is 0.228 e. The molecule has 0 bridgehead atoms. The number of aliphatic imine (C=N–C) groups is 1. The van der Waals surface area contributed by atoms with Crippen LogP contribution in [0.4, 0.5) is 5.82 Å². The predicted octanol–water partition coefficient (Wildman–Crippen LogP) is 3.21. The van der Waals surface area contributed by atoms with Gasteiger partial charge < -0.3 is 10.2 Å². The number of nitrogens with zero attached hydrogens (tertiary/aromatic N) is 5. The fourth-order valence-electron chi connectivity index (χ4n) is 3.75. The van der Waals surface area contributed by atoms with Crippen LogP contribution in [-0.2, 0) is 4.79 Å². The Balaban J connectivity index is 1.52. The molecule has 0 spiro atoms. The number of hydrogen-bond donors (Lipinski definition) is 1. The Labute approximate surface area is 183 Å². The SMILES string of the molecule is C=N/C=C(\C=C(/C)c1cc2cc(NC(=O)C3CC3)ncc2cn1)CN1CCN(C)CC1. The lowest BCUT2D eigenvalue weighted by Gasteiger charge is -2.32. The maximum absolute atomic E-state index is 12.1. The summed E-state index contributed by atoms with van der Waals surface area (Å²) in [4.78, 5) is 29.8. The molecule has 1 aliphatic heterocycles. The van der Waals surface area contributed by atoms with Gasteiger partial charge in [-0.2, -0.15) is 0 Å². The second-order valence-corrected chi connectivity index (χ2v) is 8.54. The average molecular weight is 419 g/mol.